The SMILES string of the molecule is O=C(CCc1cn2ccccc2n1)NC1CCCN(CCc2ccccc2)C1. The number of hydrogen-bond acceptors (Lipinski definition) is 3. The van der Waals surface area contributed by atoms with E-state index < -0.39 is 0 Å². The van der Waals surface area contributed by atoms with Crippen LogP contribution in [0.1, 0.15) is 30.5 Å². The molecule has 0 bridgehead atoms. The Morgan fingerprint density at radius 1 is 1.11 bits per heavy atom. The van der Waals surface area contributed by atoms with E-state index in [9.17, 15) is 4.79 Å². The second kappa shape index (κ2) is 9.02. The first-order valence-electron chi connectivity index (χ1n) is 10.2. The summed E-state index contributed by atoms with van der Waals surface area (Å²) in [4.78, 5) is 19.5. The number of fused-ring (bicyclic) bond motifs is 1. The fourth-order valence-corrected chi connectivity index (χ4v) is 3.96. The number of imidazole rings is 1. The van der Waals surface area contributed by atoms with Crippen molar-refractivity contribution in [1.82, 2.24) is 19.6 Å². The van der Waals surface area contributed by atoms with E-state index in [1.54, 1.807) is 0 Å². The van der Waals surface area contributed by atoms with Crippen molar-refractivity contribution in [1.29, 1.82) is 0 Å². The number of carbonyl (C=O) groups is 1. The average Bonchev–Trinajstić information content (AvgIpc) is 3.15. The van der Waals surface area contributed by atoms with Crippen LogP contribution in [0.4, 0.5) is 0 Å². The summed E-state index contributed by atoms with van der Waals surface area (Å²) in [5, 5.41) is 3.24. The highest BCUT2D eigenvalue weighted by atomic mass is 16.1. The Hall–Kier alpha value is -2.66. The van der Waals surface area contributed by atoms with Gasteiger partial charge in [-0.1, -0.05) is 36.4 Å². The van der Waals surface area contributed by atoms with Gasteiger partial charge in [-0.15, -0.1) is 0 Å². The summed E-state index contributed by atoms with van der Waals surface area (Å²) < 4.78 is 2.00. The highest BCUT2D eigenvalue weighted by molar-refractivity contribution is 5.76. The summed E-state index contributed by atoms with van der Waals surface area (Å²) in [7, 11) is 0. The van der Waals surface area contributed by atoms with Crippen LogP contribution in [-0.4, -0.2) is 45.9 Å². The van der Waals surface area contributed by atoms with Gasteiger partial charge >= 0.3 is 0 Å². The summed E-state index contributed by atoms with van der Waals surface area (Å²) in [6.45, 7) is 3.13. The molecule has 1 fully saturated rings. The number of likely N-dealkylation sites (tertiary alicyclic amines) is 1. The zero-order valence-corrected chi connectivity index (χ0v) is 16.3. The number of aromatic nitrogens is 2. The number of piperidine rings is 1. The smallest absolute Gasteiger partial charge is 0.220 e. The van der Waals surface area contributed by atoms with Crippen molar-refractivity contribution < 1.29 is 4.79 Å². The Bertz CT molecular complexity index is 872. The Labute approximate surface area is 166 Å². The molecule has 3 heterocycles. The molecule has 0 spiro atoms. The molecule has 5 nitrogen and oxygen atoms in total. The number of rotatable bonds is 7. The van der Waals surface area contributed by atoms with E-state index in [1.807, 2.05) is 35.0 Å². The van der Waals surface area contributed by atoms with Crippen LogP contribution in [-0.2, 0) is 17.6 Å². The largest absolute Gasteiger partial charge is 0.352 e. The molecule has 1 saturated heterocycles. The summed E-state index contributed by atoms with van der Waals surface area (Å²) in [5.41, 5.74) is 3.27. The van der Waals surface area contributed by atoms with Crippen LogP contribution in [0.5, 0.6) is 0 Å². The van der Waals surface area contributed by atoms with Gasteiger partial charge in [-0.05, 0) is 49.9 Å². The van der Waals surface area contributed by atoms with Gasteiger partial charge in [-0.25, -0.2) is 4.98 Å². The normalized spacial score (nSPS) is 17.6. The molecule has 1 aliphatic rings. The highest BCUT2D eigenvalue weighted by Gasteiger charge is 2.21. The van der Waals surface area contributed by atoms with Crippen LogP contribution in [0.3, 0.4) is 0 Å². The summed E-state index contributed by atoms with van der Waals surface area (Å²) in [6, 6.07) is 16.8. The minimum absolute atomic E-state index is 0.131. The van der Waals surface area contributed by atoms with Gasteiger partial charge in [0.2, 0.25) is 5.91 Å². The third-order valence-corrected chi connectivity index (χ3v) is 5.45. The second-order valence-electron chi connectivity index (χ2n) is 7.64. The minimum Gasteiger partial charge on any atom is -0.352 e. The van der Waals surface area contributed by atoms with Crippen molar-refractivity contribution in [2.24, 2.45) is 0 Å². The molecule has 3 aromatic rings. The zero-order chi connectivity index (χ0) is 19.2. The van der Waals surface area contributed by atoms with Crippen LogP contribution in [0.2, 0.25) is 0 Å². The fraction of sp³-hybridized carbons (Fsp3) is 0.391. The molecule has 0 saturated carbocycles. The predicted octanol–water partition coefficient (Wildman–Crippen LogP) is 3.09. The maximum Gasteiger partial charge on any atom is 0.220 e. The summed E-state index contributed by atoms with van der Waals surface area (Å²) in [6.07, 6.45) is 8.44. The molecule has 1 unspecified atom stereocenters. The molecule has 0 aliphatic carbocycles. The van der Waals surface area contributed by atoms with E-state index in [4.69, 9.17) is 0 Å². The number of nitrogens with one attached hydrogen (secondary N) is 1. The van der Waals surface area contributed by atoms with Crippen molar-refractivity contribution in [3.63, 3.8) is 0 Å². The lowest BCUT2D eigenvalue weighted by atomic mass is 10.0. The third-order valence-electron chi connectivity index (χ3n) is 5.45. The quantitative estimate of drug-likeness (QED) is 0.689. The second-order valence-corrected chi connectivity index (χ2v) is 7.64. The first kappa shape index (κ1) is 18.7. The first-order valence-corrected chi connectivity index (χ1v) is 10.2. The van der Waals surface area contributed by atoms with Crippen molar-refractivity contribution >= 4 is 11.6 Å². The number of pyridine rings is 1. The van der Waals surface area contributed by atoms with Crippen LogP contribution in [0, 0.1) is 0 Å². The van der Waals surface area contributed by atoms with Gasteiger partial charge in [0.1, 0.15) is 5.65 Å². The Kier molecular flexibility index (Phi) is 6.02. The molecule has 1 aromatic carbocycles. The summed E-state index contributed by atoms with van der Waals surface area (Å²) >= 11 is 0. The number of hydrogen-bond donors (Lipinski definition) is 1. The maximum atomic E-state index is 12.4. The van der Waals surface area contributed by atoms with Gasteiger partial charge in [0.05, 0.1) is 5.69 Å². The zero-order valence-electron chi connectivity index (χ0n) is 16.3. The Morgan fingerprint density at radius 3 is 2.82 bits per heavy atom. The van der Waals surface area contributed by atoms with Gasteiger partial charge in [0, 0.05) is 37.9 Å². The van der Waals surface area contributed by atoms with Crippen molar-refractivity contribution in [2.75, 3.05) is 19.6 Å². The molecular formula is C23H28N4O. The molecule has 1 amide bonds. The monoisotopic (exact) mass is 376 g/mol. The van der Waals surface area contributed by atoms with Crippen molar-refractivity contribution in [2.45, 2.75) is 38.1 Å². The molecular weight excluding hydrogens is 348 g/mol. The van der Waals surface area contributed by atoms with Crippen LogP contribution in [0.15, 0.2) is 60.9 Å². The van der Waals surface area contributed by atoms with Crippen LogP contribution in [0.25, 0.3) is 5.65 Å². The van der Waals surface area contributed by atoms with Gasteiger partial charge in [0.15, 0.2) is 0 Å². The number of nitrogens with zero attached hydrogens (tertiary/aromatic N) is 3. The van der Waals surface area contributed by atoms with E-state index in [0.29, 0.717) is 12.8 Å². The van der Waals surface area contributed by atoms with Crippen LogP contribution < -0.4 is 5.32 Å². The van der Waals surface area contributed by atoms with E-state index in [-0.39, 0.29) is 11.9 Å². The lowest BCUT2D eigenvalue weighted by Gasteiger charge is -2.33. The maximum absolute atomic E-state index is 12.4. The number of aryl methyl sites for hydroxylation is 1. The van der Waals surface area contributed by atoms with Gasteiger partial charge in [0.25, 0.3) is 0 Å². The van der Waals surface area contributed by atoms with Crippen molar-refractivity contribution in [3.05, 3.63) is 72.2 Å². The molecule has 5 heteroatoms. The van der Waals surface area contributed by atoms with Crippen LogP contribution >= 0.6 is 0 Å². The number of amides is 1. The van der Waals surface area contributed by atoms with Gasteiger partial charge in [-0.2, -0.15) is 0 Å². The lowest BCUT2D eigenvalue weighted by Crippen LogP contribution is -2.48. The minimum atomic E-state index is 0.131. The Balaban J connectivity index is 1.22. The third kappa shape index (κ3) is 4.98. The Morgan fingerprint density at radius 2 is 1.96 bits per heavy atom. The van der Waals surface area contributed by atoms with E-state index in [1.165, 1.54) is 5.56 Å². The number of benzene rings is 1. The van der Waals surface area contributed by atoms with E-state index >= 15 is 0 Å². The average molecular weight is 377 g/mol. The van der Waals surface area contributed by atoms with Crippen molar-refractivity contribution in [3.8, 4) is 0 Å². The molecule has 1 N–H and O–H groups in total. The topological polar surface area (TPSA) is 49.6 Å². The highest BCUT2D eigenvalue weighted by Crippen LogP contribution is 2.12. The molecule has 1 atom stereocenters. The molecule has 146 valence electrons. The molecule has 0 radical (unpaired) electrons. The number of carbonyl (C=O) groups excluding carboxylic acids is 1. The van der Waals surface area contributed by atoms with E-state index in [2.05, 4.69) is 45.5 Å². The standard InChI is InChI=1S/C23H28N4O/c28-23(12-11-21-18-27-15-5-4-10-22(27)24-21)25-20-9-6-14-26(17-20)16-13-19-7-2-1-3-8-19/h1-5,7-8,10,15,18,20H,6,9,11-14,16-17H2,(H,25,28). The van der Waals surface area contributed by atoms with Gasteiger partial charge in [-0.3, -0.25) is 4.79 Å². The molecule has 4 rings (SSSR count). The molecule has 2 aromatic heterocycles. The van der Waals surface area contributed by atoms with E-state index in [0.717, 1.165) is 50.2 Å². The first-order chi connectivity index (χ1) is 13.8. The summed E-state index contributed by atoms with van der Waals surface area (Å²) in [5.74, 6) is 0.131. The molecule has 28 heavy (non-hydrogen) atoms. The molecule has 1 aliphatic heterocycles. The predicted molar refractivity (Wildman–Crippen MR) is 111 cm³/mol. The van der Waals surface area contributed by atoms with Gasteiger partial charge < -0.3 is 14.6 Å². The lowest BCUT2D eigenvalue weighted by molar-refractivity contribution is -0.122. The fourth-order valence-electron chi connectivity index (χ4n) is 3.96.